The van der Waals surface area contributed by atoms with Gasteiger partial charge in [-0.25, -0.2) is 4.79 Å². The molecule has 1 saturated carbocycles. The zero-order chi connectivity index (χ0) is 23.8. The number of primary amides is 1. The number of Topliss-reactive ketones (excluding diaryl/α,β-unsaturated/α-hetero) is 1. The van der Waals surface area contributed by atoms with Crippen LogP contribution in [-0.4, -0.2) is 35.5 Å². The molecule has 0 saturated heterocycles. The zero-order valence-electron chi connectivity index (χ0n) is 19.4. The van der Waals surface area contributed by atoms with Crippen molar-refractivity contribution in [1.29, 1.82) is 0 Å². The van der Waals surface area contributed by atoms with E-state index in [0.717, 1.165) is 42.4 Å². The molecule has 2 N–H and O–H groups in total. The summed E-state index contributed by atoms with van der Waals surface area (Å²) in [7, 11) is 0. The zero-order valence-corrected chi connectivity index (χ0v) is 19.4. The second kappa shape index (κ2) is 11.1. The Balaban J connectivity index is 1.62. The first-order valence-corrected chi connectivity index (χ1v) is 11.9. The van der Waals surface area contributed by atoms with Crippen LogP contribution in [0.3, 0.4) is 0 Å². The number of rotatable bonds is 10. The molecule has 0 radical (unpaired) electrons. The molecule has 0 spiro atoms. The van der Waals surface area contributed by atoms with Crippen LogP contribution in [-0.2, 0) is 16.1 Å². The fraction of sp³-hybridized carbons (Fsp3) is 0.310. The summed E-state index contributed by atoms with van der Waals surface area (Å²) in [5.74, 6) is -0.252. The lowest BCUT2D eigenvalue weighted by molar-refractivity contribution is -0.121. The van der Waals surface area contributed by atoms with Crippen LogP contribution < -0.4 is 5.73 Å². The third kappa shape index (κ3) is 6.12. The monoisotopic (exact) mass is 456 g/mol. The Morgan fingerprint density at radius 2 is 1.32 bits per heavy atom. The van der Waals surface area contributed by atoms with E-state index < -0.39 is 11.7 Å². The SMILES string of the molecule is NC(=O)OC1(CN(CC(=O)C(c2ccccc2)c2ccccc2)Cc2ccccc2)CCCC1. The van der Waals surface area contributed by atoms with Gasteiger partial charge in [0.25, 0.3) is 0 Å². The molecule has 0 bridgehead atoms. The van der Waals surface area contributed by atoms with E-state index in [9.17, 15) is 9.59 Å². The Bertz CT molecular complexity index is 1020. The lowest BCUT2D eigenvalue weighted by Gasteiger charge is -2.35. The highest BCUT2D eigenvalue weighted by molar-refractivity contribution is 5.90. The topological polar surface area (TPSA) is 72.6 Å². The number of nitrogens with two attached hydrogens (primary N) is 1. The summed E-state index contributed by atoms with van der Waals surface area (Å²) >= 11 is 0. The number of ether oxygens (including phenoxy) is 1. The van der Waals surface area contributed by atoms with E-state index in [4.69, 9.17) is 10.5 Å². The Labute approximate surface area is 201 Å². The van der Waals surface area contributed by atoms with E-state index in [1.165, 1.54) is 0 Å². The number of hydrogen-bond donors (Lipinski definition) is 1. The summed E-state index contributed by atoms with van der Waals surface area (Å²) in [4.78, 5) is 27.7. The molecule has 1 aliphatic rings. The maximum atomic E-state index is 13.9. The predicted octanol–water partition coefficient (Wildman–Crippen LogP) is 5.30. The van der Waals surface area contributed by atoms with E-state index >= 15 is 0 Å². The molecule has 0 aliphatic heterocycles. The van der Waals surface area contributed by atoms with Crippen molar-refractivity contribution in [3.05, 3.63) is 108 Å². The molecule has 3 aromatic carbocycles. The average molecular weight is 457 g/mol. The van der Waals surface area contributed by atoms with E-state index in [-0.39, 0.29) is 18.2 Å². The average Bonchev–Trinajstić information content (AvgIpc) is 3.28. The van der Waals surface area contributed by atoms with Crippen molar-refractivity contribution < 1.29 is 14.3 Å². The summed E-state index contributed by atoms with van der Waals surface area (Å²) in [5, 5.41) is 0. The van der Waals surface area contributed by atoms with E-state index in [2.05, 4.69) is 17.0 Å². The molecule has 34 heavy (non-hydrogen) atoms. The molecular weight excluding hydrogens is 424 g/mol. The molecule has 1 aliphatic carbocycles. The van der Waals surface area contributed by atoms with Gasteiger partial charge in [-0.1, -0.05) is 91.0 Å². The lowest BCUT2D eigenvalue weighted by Crippen LogP contribution is -2.47. The molecular formula is C29H32N2O3. The minimum atomic E-state index is -0.751. The molecule has 5 heteroatoms. The molecule has 0 atom stereocenters. The summed E-state index contributed by atoms with van der Waals surface area (Å²) in [5.41, 5.74) is 7.86. The maximum absolute atomic E-state index is 13.9. The number of carbonyl (C=O) groups is 2. The normalized spacial score (nSPS) is 14.9. The van der Waals surface area contributed by atoms with Crippen LogP contribution in [0.1, 0.15) is 48.3 Å². The molecule has 1 fully saturated rings. The van der Waals surface area contributed by atoms with Crippen molar-refractivity contribution in [2.45, 2.75) is 43.7 Å². The number of ketones is 1. The fourth-order valence-electron chi connectivity index (χ4n) is 5.11. The highest BCUT2D eigenvalue weighted by atomic mass is 16.6. The lowest BCUT2D eigenvalue weighted by atomic mass is 9.87. The van der Waals surface area contributed by atoms with Crippen LogP contribution >= 0.6 is 0 Å². The van der Waals surface area contributed by atoms with Gasteiger partial charge in [0.2, 0.25) is 0 Å². The van der Waals surface area contributed by atoms with Gasteiger partial charge < -0.3 is 10.5 Å². The number of hydrogen-bond acceptors (Lipinski definition) is 4. The predicted molar refractivity (Wildman–Crippen MR) is 133 cm³/mol. The number of benzene rings is 3. The third-order valence-corrected chi connectivity index (χ3v) is 6.56. The Hall–Kier alpha value is -3.44. The first-order chi connectivity index (χ1) is 16.5. The highest BCUT2D eigenvalue weighted by Gasteiger charge is 2.39. The van der Waals surface area contributed by atoms with Crippen LogP contribution in [0.15, 0.2) is 91.0 Å². The van der Waals surface area contributed by atoms with Gasteiger partial charge in [-0.05, 0) is 42.4 Å². The summed E-state index contributed by atoms with van der Waals surface area (Å²) < 4.78 is 5.66. The molecule has 1 amide bonds. The van der Waals surface area contributed by atoms with Crippen molar-refractivity contribution in [2.24, 2.45) is 5.73 Å². The third-order valence-electron chi connectivity index (χ3n) is 6.56. The Kier molecular flexibility index (Phi) is 7.76. The maximum Gasteiger partial charge on any atom is 0.405 e. The molecule has 0 heterocycles. The van der Waals surface area contributed by atoms with Crippen molar-refractivity contribution >= 4 is 11.9 Å². The van der Waals surface area contributed by atoms with Gasteiger partial charge in [-0.2, -0.15) is 0 Å². The van der Waals surface area contributed by atoms with E-state index in [0.29, 0.717) is 13.1 Å². The number of amides is 1. The summed E-state index contributed by atoms with van der Waals surface area (Å²) in [6, 6.07) is 29.9. The minimum Gasteiger partial charge on any atom is -0.442 e. The van der Waals surface area contributed by atoms with Crippen LogP contribution in [0.5, 0.6) is 0 Å². The second-order valence-electron chi connectivity index (χ2n) is 9.16. The van der Waals surface area contributed by atoms with Crippen molar-refractivity contribution in [3.8, 4) is 0 Å². The summed E-state index contributed by atoms with van der Waals surface area (Å²) in [6.07, 6.45) is 2.74. The molecule has 3 aromatic rings. The van der Waals surface area contributed by atoms with Gasteiger partial charge in [0.1, 0.15) is 5.60 Å². The largest absolute Gasteiger partial charge is 0.442 e. The van der Waals surface area contributed by atoms with Gasteiger partial charge in [-0.15, -0.1) is 0 Å². The first kappa shape index (κ1) is 23.7. The quantitative estimate of drug-likeness (QED) is 0.449. The van der Waals surface area contributed by atoms with E-state index in [1.807, 2.05) is 78.9 Å². The second-order valence-corrected chi connectivity index (χ2v) is 9.16. The Morgan fingerprint density at radius 3 is 1.82 bits per heavy atom. The van der Waals surface area contributed by atoms with Gasteiger partial charge in [-0.3, -0.25) is 9.69 Å². The smallest absolute Gasteiger partial charge is 0.405 e. The number of carbonyl (C=O) groups excluding carboxylic acids is 2. The highest BCUT2D eigenvalue weighted by Crippen LogP contribution is 2.35. The van der Waals surface area contributed by atoms with Crippen molar-refractivity contribution in [2.75, 3.05) is 13.1 Å². The molecule has 5 nitrogen and oxygen atoms in total. The summed E-state index contributed by atoms with van der Waals surface area (Å²) in [6.45, 7) is 1.31. The van der Waals surface area contributed by atoms with Crippen LogP contribution in [0.25, 0.3) is 0 Å². The van der Waals surface area contributed by atoms with Gasteiger partial charge >= 0.3 is 6.09 Å². The molecule has 0 aromatic heterocycles. The van der Waals surface area contributed by atoms with E-state index in [1.54, 1.807) is 0 Å². The fourth-order valence-corrected chi connectivity index (χ4v) is 5.11. The van der Waals surface area contributed by atoms with Crippen LogP contribution in [0.4, 0.5) is 4.79 Å². The van der Waals surface area contributed by atoms with Gasteiger partial charge in [0, 0.05) is 13.1 Å². The first-order valence-electron chi connectivity index (χ1n) is 11.9. The van der Waals surface area contributed by atoms with Crippen molar-refractivity contribution in [3.63, 3.8) is 0 Å². The number of nitrogens with zero attached hydrogens (tertiary/aromatic N) is 1. The minimum absolute atomic E-state index is 0.112. The van der Waals surface area contributed by atoms with Crippen molar-refractivity contribution in [1.82, 2.24) is 4.90 Å². The Morgan fingerprint density at radius 1 is 0.824 bits per heavy atom. The molecule has 4 rings (SSSR count). The van der Waals surface area contributed by atoms with Gasteiger partial charge in [0.15, 0.2) is 5.78 Å². The van der Waals surface area contributed by atoms with Crippen LogP contribution in [0.2, 0.25) is 0 Å². The standard InChI is InChI=1S/C29H32N2O3/c30-28(33)34-29(18-10-11-19-29)22-31(20-23-12-4-1-5-13-23)21-26(32)27(24-14-6-2-7-15-24)25-16-8-3-9-17-25/h1-9,12-17,27H,10-11,18-22H2,(H2,30,33). The van der Waals surface area contributed by atoms with Gasteiger partial charge in [0.05, 0.1) is 12.5 Å². The molecule has 176 valence electrons. The molecule has 0 unspecified atom stereocenters. The van der Waals surface area contributed by atoms with Crippen LogP contribution in [0, 0.1) is 0 Å².